The highest BCUT2D eigenvalue weighted by Gasteiger charge is 2.36. The number of carbonyl (C=O) groups is 2. The molecule has 18 heavy (non-hydrogen) atoms. The predicted molar refractivity (Wildman–Crippen MR) is 69.4 cm³/mol. The summed E-state index contributed by atoms with van der Waals surface area (Å²) >= 11 is 1.30. The molecule has 2 rings (SSSR count). The maximum Gasteiger partial charge on any atom is 0.328 e. The molecule has 1 aliphatic heterocycles. The lowest BCUT2D eigenvalue weighted by atomic mass is 10.2. The van der Waals surface area contributed by atoms with Crippen LogP contribution < -0.4 is 5.73 Å². The van der Waals surface area contributed by atoms with Gasteiger partial charge in [0.25, 0.3) is 5.91 Å². The fraction of sp³-hybridized carbons (Fsp3) is 0.500. The first-order chi connectivity index (χ1) is 8.65. The Kier molecular flexibility index (Phi) is 3.86. The third kappa shape index (κ3) is 2.33. The SMILES string of the molecule is CCOC(=O)C1CCCN1C(=O)c1sccc1N. The Morgan fingerprint density at radius 2 is 2.39 bits per heavy atom. The van der Waals surface area contributed by atoms with Crippen molar-refractivity contribution in [2.75, 3.05) is 18.9 Å². The van der Waals surface area contributed by atoms with Crippen molar-refractivity contribution in [2.24, 2.45) is 0 Å². The van der Waals surface area contributed by atoms with E-state index in [9.17, 15) is 9.59 Å². The number of hydrogen-bond donors (Lipinski definition) is 1. The highest BCUT2D eigenvalue weighted by molar-refractivity contribution is 7.12. The van der Waals surface area contributed by atoms with Crippen molar-refractivity contribution >= 4 is 28.9 Å². The van der Waals surface area contributed by atoms with Gasteiger partial charge >= 0.3 is 5.97 Å². The van der Waals surface area contributed by atoms with Crippen LogP contribution in [-0.2, 0) is 9.53 Å². The Morgan fingerprint density at radius 1 is 1.61 bits per heavy atom. The number of carbonyl (C=O) groups excluding carboxylic acids is 2. The average Bonchev–Trinajstić information content (AvgIpc) is 2.96. The van der Waals surface area contributed by atoms with Crippen LogP contribution in [0.5, 0.6) is 0 Å². The maximum absolute atomic E-state index is 12.3. The van der Waals surface area contributed by atoms with Crippen molar-refractivity contribution in [1.29, 1.82) is 0 Å². The number of nitrogens with zero attached hydrogens (tertiary/aromatic N) is 1. The molecule has 5 nitrogen and oxygen atoms in total. The first-order valence-electron chi connectivity index (χ1n) is 5.95. The van der Waals surface area contributed by atoms with Crippen LogP contribution in [0.3, 0.4) is 0 Å². The van der Waals surface area contributed by atoms with Gasteiger partial charge in [0.05, 0.1) is 12.3 Å². The molecule has 1 fully saturated rings. The van der Waals surface area contributed by atoms with E-state index in [1.165, 1.54) is 11.3 Å². The standard InChI is InChI=1S/C12H16N2O3S/c1-2-17-12(16)9-4-3-6-14(9)11(15)10-8(13)5-7-18-10/h5,7,9H,2-4,6,13H2,1H3. The van der Waals surface area contributed by atoms with E-state index in [-0.39, 0.29) is 11.9 Å². The molecule has 1 aromatic rings. The summed E-state index contributed by atoms with van der Waals surface area (Å²) < 4.78 is 4.99. The second kappa shape index (κ2) is 5.39. The van der Waals surface area contributed by atoms with E-state index in [4.69, 9.17) is 10.5 Å². The Hall–Kier alpha value is -1.56. The molecule has 2 heterocycles. The summed E-state index contributed by atoms with van der Waals surface area (Å²) in [5.74, 6) is -0.489. The molecule has 98 valence electrons. The van der Waals surface area contributed by atoms with Gasteiger partial charge in [-0.15, -0.1) is 11.3 Å². The second-order valence-corrected chi connectivity index (χ2v) is 5.03. The van der Waals surface area contributed by atoms with Gasteiger partial charge < -0.3 is 15.4 Å². The molecule has 1 aromatic heterocycles. The number of amides is 1. The van der Waals surface area contributed by atoms with E-state index in [0.29, 0.717) is 30.1 Å². The minimum atomic E-state index is -0.459. The first-order valence-corrected chi connectivity index (χ1v) is 6.83. The van der Waals surface area contributed by atoms with Crippen LogP contribution in [0.15, 0.2) is 11.4 Å². The molecule has 0 bridgehead atoms. The van der Waals surface area contributed by atoms with Gasteiger partial charge in [-0.2, -0.15) is 0 Å². The fourth-order valence-electron chi connectivity index (χ4n) is 2.12. The number of ether oxygens (including phenoxy) is 1. The topological polar surface area (TPSA) is 72.6 Å². The monoisotopic (exact) mass is 268 g/mol. The molecule has 2 N–H and O–H groups in total. The van der Waals surface area contributed by atoms with Crippen LogP contribution in [0.4, 0.5) is 5.69 Å². The molecule has 1 unspecified atom stereocenters. The van der Waals surface area contributed by atoms with Crippen LogP contribution in [0, 0.1) is 0 Å². The zero-order chi connectivity index (χ0) is 13.1. The van der Waals surface area contributed by atoms with E-state index in [0.717, 1.165) is 6.42 Å². The number of nitrogens with two attached hydrogens (primary N) is 1. The molecule has 1 saturated heterocycles. The number of esters is 1. The summed E-state index contributed by atoms with van der Waals surface area (Å²) in [6, 6.07) is 1.24. The zero-order valence-corrected chi connectivity index (χ0v) is 11.0. The molecule has 1 aliphatic rings. The van der Waals surface area contributed by atoms with Gasteiger partial charge in [-0.25, -0.2) is 4.79 Å². The van der Waals surface area contributed by atoms with Gasteiger partial charge in [-0.1, -0.05) is 0 Å². The van der Waals surface area contributed by atoms with Crippen LogP contribution in [0.25, 0.3) is 0 Å². The first kappa shape index (κ1) is 12.9. The Bertz CT molecular complexity index is 458. The van der Waals surface area contributed by atoms with Crippen molar-refractivity contribution in [1.82, 2.24) is 4.90 Å². The summed E-state index contributed by atoms with van der Waals surface area (Å²) in [5, 5.41) is 1.78. The summed E-state index contributed by atoms with van der Waals surface area (Å²) in [5.41, 5.74) is 6.21. The number of thiophene rings is 1. The molecule has 1 atom stereocenters. The molecular formula is C12H16N2O3S. The normalized spacial score (nSPS) is 18.9. The van der Waals surface area contributed by atoms with Crippen LogP contribution >= 0.6 is 11.3 Å². The van der Waals surface area contributed by atoms with E-state index in [2.05, 4.69) is 0 Å². The number of hydrogen-bond acceptors (Lipinski definition) is 5. The molecule has 0 aromatic carbocycles. The largest absolute Gasteiger partial charge is 0.464 e. The predicted octanol–water partition coefficient (Wildman–Crippen LogP) is 1.50. The highest BCUT2D eigenvalue weighted by Crippen LogP contribution is 2.26. The Morgan fingerprint density at radius 3 is 3.00 bits per heavy atom. The average molecular weight is 268 g/mol. The Balaban J connectivity index is 2.15. The second-order valence-electron chi connectivity index (χ2n) is 4.11. The van der Waals surface area contributed by atoms with E-state index in [1.807, 2.05) is 0 Å². The van der Waals surface area contributed by atoms with Crippen molar-refractivity contribution < 1.29 is 14.3 Å². The van der Waals surface area contributed by atoms with Gasteiger partial charge in [0.2, 0.25) is 0 Å². The van der Waals surface area contributed by atoms with Gasteiger partial charge in [0, 0.05) is 6.54 Å². The number of anilines is 1. The zero-order valence-electron chi connectivity index (χ0n) is 10.2. The summed E-state index contributed by atoms with van der Waals surface area (Å²) in [6.45, 7) is 2.68. The smallest absolute Gasteiger partial charge is 0.328 e. The quantitative estimate of drug-likeness (QED) is 0.843. The van der Waals surface area contributed by atoms with Crippen LogP contribution in [-0.4, -0.2) is 36.0 Å². The summed E-state index contributed by atoms with van der Waals surface area (Å²) in [7, 11) is 0. The van der Waals surface area contributed by atoms with E-state index in [1.54, 1.807) is 23.3 Å². The third-order valence-electron chi connectivity index (χ3n) is 2.96. The fourth-order valence-corrected chi connectivity index (χ4v) is 2.89. The molecule has 6 heteroatoms. The van der Waals surface area contributed by atoms with E-state index >= 15 is 0 Å². The highest BCUT2D eigenvalue weighted by atomic mass is 32.1. The van der Waals surface area contributed by atoms with Crippen molar-refractivity contribution in [3.8, 4) is 0 Å². The van der Waals surface area contributed by atoms with E-state index < -0.39 is 6.04 Å². The molecule has 1 amide bonds. The van der Waals surface area contributed by atoms with Gasteiger partial charge in [0.1, 0.15) is 10.9 Å². The Labute approximate surface area is 110 Å². The molecular weight excluding hydrogens is 252 g/mol. The molecule has 0 radical (unpaired) electrons. The summed E-state index contributed by atoms with van der Waals surface area (Å²) in [4.78, 5) is 26.1. The lowest BCUT2D eigenvalue weighted by Gasteiger charge is -2.22. The van der Waals surface area contributed by atoms with Gasteiger partial charge in [0.15, 0.2) is 0 Å². The maximum atomic E-state index is 12.3. The van der Waals surface area contributed by atoms with Crippen molar-refractivity contribution in [2.45, 2.75) is 25.8 Å². The van der Waals surface area contributed by atoms with Crippen molar-refractivity contribution in [3.63, 3.8) is 0 Å². The lowest BCUT2D eigenvalue weighted by molar-refractivity contribution is -0.147. The van der Waals surface area contributed by atoms with Crippen LogP contribution in [0.2, 0.25) is 0 Å². The van der Waals surface area contributed by atoms with Crippen molar-refractivity contribution in [3.05, 3.63) is 16.3 Å². The molecule has 0 spiro atoms. The number of rotatable bonds is 3. The molecule has 0 aliphatic carbocycles. The van der Waals surface area contributed by atoms with Gasteiger partial charge in [-0.3, -0.25) is 4.79 Å². The van der Waals surface area contributed by atoms with Crippen LogP contribution in [0.1, 0.15) is 29.4 Å². The summed E-state index contributed by atoms with van der Waals surface area (Å²) in [6.07, 6.45) is 1.48. The number of nitrogen functional groups attached to an aromatic ring is 1. The lowest BCUT2D eigenvalue weighted by Crippen LogP contribution is -2.41. The number of likely N-dealkylation sites (tertiary alicyclic amines) is 1. The minimum absolute atomic E-state index is 0.168. The third-order valence-corrected chi connectivity index (χ3v) is 3.88. The molecule has 0 saturated carbocycles. The van der Waals surface area contributed by atoms with Gasteiger partial charge in [-0.05, 0) is 31.2 Å². The minimum Gasteiger partial charge on any atom is -0.464 e.